The van der Waals surface area contributed by atoms with Crippen LogP contribution < -0.4 is 37.9 Å². The van der Waals surface area contributed by atoms with Gasteiger partial charge in [0.25, 0.3) is 0 Å². The molecule has 0 saturated heterocycles. The predicted octanol–water partition coefficient (Wildman–Crippen LogP) is 0.852. The maximum atomic E-state index is 12.4. The minimum atomic E-state index is -1.06. The number of rotatable bonds is 5. The molecule has 3 amide bonds. The average Bonchev–Trinajstić information content (AvgIpc) is 2.68. The van der Waals surface area contributed by atoms with Crippen molar-refractivity contribution in [1.82, 2.24) is 25.3 Å². The molecule has 1 aliphatic rings. The van der Waals surface area contributed by atoms with Crippen LogP contribution in [0.25, 0.3) is 0 Å². The maximum Gasteiger partial charge on any atom is 0.412 e. The van der Waals surface area contributed by atoms with Gasteiger partial charge in [0.05, 0.1) is 0 Å². The Morgan fingerprint density at radius 2 is 1.70 bits per heavy atom. The second-order valence-electron chi connectivity index (χ2n) is 9.42. The van der Waals surface area contributed by atoms with Crippen LogP contribution in [0.1, 0.15) is 40.0 Å². The van der Waals surface area contributed by atoms with Crippen LogP contribution in [0.2, 0.25) is 0 Å². The van der Waals surface area contributed by atoms with E-state index in [0.717, 1.165) is 12.8 Å². The smallest absolute Gasteiger partial charge is 0.410 e. The summed E-state index contributed by atoms with van der Waals surface area (Å²) >= 11 is 0. The third-order valence-electron chi connectivity index (χ3n) is 5.46. The highest BCUT2D eigenvalue weighted by Gasteiger charge is 2.42. The lowest BCUT2D eigenvalue weighted by Gasteiger charge is -2.46. The molecule has 1 saturated carbocycles. The third kappa shape index (κ3) is 6.57. The Labute approximate surface area is 188 Å². The zero-order valence-corrected chi connectivity index (χ0v) is 18.7. The Kier molecular flexibility index (Phi) is 6.75. The molecule has 0 radical (unpaired) electrons. The molecule has 1 aromatic carbocycles. The number of nitrogens with zero attached hydrogens (tertiary/aromatic N) is 1. The molecule has 178 valence electrons. The van der Waals surface area contributed by atoms with Gasteiger partial charge in [0.2, 0.25) is 0 Å². The Bertz CT molecular complexity index is 1150. The highest BCUT2D eigenvalue weighted by molar-refractivity contribution is 5.81. The second kappa shape index (κ2) is 9.35. The van der Waals surface area contributed by atoms with Crippen LogP contribution in [0.3, 0.4) is 0 Å². The van der Waals surface area contributed by atoms with Gasteiger partial charge in [-0.15, -0.1) is 4.68 Å². The number of ether oxygens (including phenoxy) is 1. The largest absolute Gasteiger partial charge is 0.412 e. The van der Waals surface area contributed by atoms with Gasteiger partial charge in [-0.25, -0.2) is 29.4 Å². The summed E-state index contributed by atoms with van der Waals surface area (Å²) in [6.45, 7) is 6.39. The van der Waals surface area contributed by atoms with Gasteiger partial charge in [-0.3, -0.25) is 9.97 Å². The van der Waals surface area contributed by atoms with Crippen LogP contribution in [-0.2, 0) is 0 Å². The van der Waals surface area contributed by atoms with Crippen LogP contribution in [0, 0.1) is 10.8 Å². The monoisotopic (exact) mass is 460 g/mol. The molecule has 3 rings (SSSR count). The first-order chi connectivity index (χ1) is 15.4. The summed E-state index contributed by atoms with van der Waals surface area (Å²) in [6, 6.07) is 7.79. The molecule has 2 unspecified atom stereocenters. The van der Waals surface area contributed by atoms with Crippen LogP contribution >= 0.6 is 0 Å². The summed E-state index contributed by atoms with van der Waals surface area (Å²) in [6.07, 6.45) is 1.54. The van der Waals surface area contributed by atoms with E-state index < -0.39 is 29.2 Å². The van der Waals surface area contributed by atoms with Gasteiger partial charge in [0, 0.05) is 12.6 Å². The minimum absolute atomic E-state index is 0.122. The summed E-state index contributed by atoms with van der Waals surface area (Å²) in [5.41, 5.74) is -1.50. The van der Waals surface area contributed by atoms with Gasteiger partial charge < -0.3 is 15.4 Å². The van der Waals surface area contributed by atoms with Gasteiger partial charge in [0.15, 0.2) is 0 Å². The number of carbonyl (C=O) groups excluding carboxylic acids is 2. The number of H-pyrrole nitrogens is 2. The van der Waals surface area contributed by atoms with Crippen molar-refractivity contribution in [3.05, 3.63) is 61.8 Å². The number of urea groups is 1. The molecule has 12 nitrogen and oxygen atoms in total. The maximum absolute atomic E-state index is 12.4. The molecule has 1 heterocycles. The molecular formula is C21H28N6O6. The molecule has 2 atom stereocenters. The number of hydrogen-bond acceptors (Lipinski definition) is 6. The van der Waals surface area contributed by atoms with E-state index in [4.69, 9.17) is 4.74 Å². The fourth-order valence-corrected chi connectivity index (χ4v) is 4.63. The van der Waals surface area contributed by atoms with Gasteiger partial charge in [-0.2, -0.15) is 0 Å². The topological polar surface area (TPSA) is 167 Å². The third-order valence-corrected chi connectivity index (χ3v) is 5.46. The molecule has 1 aromatic heterocycles. The Morgan fingerprint density at radius 3 is 2.33 bits per heavy atom. The molecule has 0 spiro atoms. The summed E-state index contributed by atoms with van der Waals surface area (Å²) in [4.78, 5) is 62.9. The number of para-hydroxylation sites is 1. The Morgan fingerprint density at radius 1 is 1.06 bits per heavy atom. The summed E-state index contributed by atoms with van der Waals surface area (Å²) < 4.78 is 5.70. The molecule has 1 aliphatic carbocycles. The van der Waals surface area contributed by atoms with E-state index in [0.29, 0.717) is 16.8 Å². The lowest BCUT2D eigenvalue weighted by molar-refractivity contribution is 0.0722. The van der Waals surface area contributed by atoms with Crippen LogP contribution in [0.15, 0.2) is 44.7 Å². The number of carbonyl (C=O) groups is 2. The fraction of sp³-hybridized carbons (Fsp3) is 0.476. The van der Waals surface area contributed by atoms with Crippen molar-refractivity contribution in [2.75, 3.05) is 12.0 Å². The van der Waals surface area contributed by atoms with Crippen molar-refractivity contribution in [3.8, 4) is 5.75 Å². The van der Waals surface area contributed by atoms with Gasteiger partial charge in [-0.05, 0) is 42.2 Å². The standard InChI is InChI=1S/C21H28N6O6/c1-20(2)9-13(23-19(32)33-14-7-5-4-6-8-14)10-21(3,11-20)12-22-15(28)26-27-17(30)24-16(29)25-18(27)31/h4-8,13H,9-12H2,1-3H3,(H,23,32)(H2,22,26,28)(H2,24,25,29,30,31). The van der Waals surface area contributed by atoms with Crippen molar-refractivity contribution >= 4 is 12.1 Å². The van der Waals surface area contributed by atoms with E-state index in [9.17, 15) is 24.0 Å². The number of benzene rings is 1. The summed E-state index contributed by atoms with van der Waals surface area (Å²) in [7, 11) is 0. The van der Waals surface area contributed by atoms with E-state index in [1.54, 1.807) is 24.3 Å². The van der Waals surface area contributed by atoms with Crippen molar-refractivity contribution in [2.24, 2.45) is 10.8 Å². The Hall–Kier alpha value is -3.83. The molecular weight excluding hydrogens is 432 g/mol. The molecule has 5 N–H and O–H groups in total. The first-order valence-corrected chi connectivity index (χ1v) is 10.5. The van der Waals surface area contributed by atoms with Gasteiger partial charge >= 0.3 is 29.2 Å². The zero-order valence-electron chi connectivity index (χ0n) is 18.7. The van der Waals surface area contributed by atoms with Crippen LogP contribution in [0.5, 0.6) is 5.75 Å². The quantitative estimate of drug-likeness (QED) is 0.443. The normalized spacial score (nSPS) is 21.6. The zero-order chi connectivity index (χ0) is 24.2. The van der Waals surface area contributed by atoms with Crippen molar-refractivity contribution in [3.63, 3.8) is 0 Å². The number of aromatic amines is 2. The van der Waals surface area contributed by atoms with Crippen LogP contribution in [0.4, 0.5) is 9.59 Å². The van der Waals surface area contributed by atoms with E-state index in [2.05, 4.69) is 29.9 Å². The first kappa shape index (κ1) is 23.8. The molecule has 0 aliphatic heterocycles. The van der Waals surface area contributed by atoms with Crippen molar-refractivity contribution < 1.29 is 14.3 Å². The van der Waals surface area contributed by atoms with Gasteiger partial charge in [-0.1, -0.05) is 39.0 Å². The predicted molar refractivity (Wildman–Crippen MR) is 120 cm³/mol. The number of hydrogen-bond donors (Lipinski definition) is 5. The lowest BCUT2D eigenvalue weighted by Crippen LogP contribution is -2.54. The molecule has 1 fully saturated rings. The molecule has 33 heavy (non-hydrogen) atoms. The summed E-state index contributed by atoms with van der Waals surface area (Å²) in [5.74, 6) is 0.443. The molecule has 2 aromatic rings. The van der Waals surface area contributed by atoms with Crippen molar-refractivity contribution in [1.29, 1.82) is 0 Å². The SMILES string of the molecule is CC1(C)CC(NC(=O)Oc2ccccc2)CC(C)(CNC(=O)Nn2c(=O)[nH]c(=O)[nH]c2=O)C1. The number of aromatic nitrogens is 3. The van der Waals surface area contributed by atoms with E-state index in [1.165, 1.54) is 0 Å². The highest BCUT2D eigenvalue weighted by atomic mass is 16.6. The highest BCUT2D eigenvalue weighted by Crippen LogP contribution is 2.45. The Balaban J connectivity index is 1.61. The summed E-state index contributed by atoms with van der Waals surface area (Å²) in [5, 5.41) is 5.58. The second-order valence-corrected chi connectivity index (χ2v) is 9.42. The van der Waals surface area contributed by atoms with Crippen LogP contribution in [-0.4, -0.2) is 39.4 Å². The van der Waals surface area contributed by atoms with Gasteiger partial charge in [0.1, 0.15) is 5.75 Å². The number of amides is 3. The van der Waals surface area contributed by atoms with E-state index in [-0.39, 0.29) is 23.4 Å². The van der Waals surface area contributed by atoms with E-state index in [1.807, 2.05) is 23.0 Å². The van der Waals surface area contributed by atoms with E-state index >= 15 is 0 Å². The minimum Gasteiger partial charge on any atom is -0.410 e. The first-order valence-electron chi connectivity index (χ1n) is 10.5. The fourth-order valence-electron chi connectivity index (χ4n) is 4.63. The number of nitrogens with one attached hydrogen (secondary N) is 5. The lowest BCUT2D eigenvalue weighted by atomic mass is 9.62. The average molecular weight is 460 g/mol. The molecule has 0 bridgehead atoms. The molecule has 12 heteroatoms. The van der Waals surface area contributed by atoms with Crippen molar-refractivity contribution in [2.45, 2.75) is 46.1 Å².